The van der Waals surface area contributed by atoms with Crippen molar-refractivity contribution in [3.8, 4) is 0 Å². The van der Waals surface area contributed by atoms with Gasteiger partial charge in [-0.3, -0.25) is 0 Å². The second-order valence-corrected chi connectivity index (χ2v) is 4.49. The fourth-order valence-electron chi connectivity index (χ4n) is 1.80. The molecule has 1 aliphatic heterocycles. The number of hydrogen-bond acceptors (Lipinski definition) is 4. The highest BCUT2D eigenvalue weighted by molar-refractivity contribution is 6.30. The van der Waals surface area contributed by atoms with Crippen LogP contribution >= 0.6 is 11.6 Å². The molecular weight excluding hydrogens is 208 g/mol. The third kappa shape index (κ3) is 1.57. The van der Waals surface area contributed by atoms with Gasteiger partial charge in [0.2, 0.25) is 0 Å². The van der Waals surface area contributed by atoms with E-state index in [-0.39, 0.29) is 0 Å². The molecule has 4 nitrogen and oxygen atoms in total. The van der Waals surface area contributed by atoms with Gasteiger partial charge in [-0.15, -0.1) is 0 Å². The van der Waals surface area contributed by atoms with Crippen LogP contribution in [0.4, 0.5) is 0 Å². The van der Waals surface area contributed by atoms with Crippen molar-refractivity contribution in [3.05, 3.63) is 11.1 Å². The fourth-order valence-corrected chi connectivity index (χ4v) is 2.10. The first-order chi connectivity index (χ1) is 6.41. The van der Waals surface area contributed by atoms with Gasteiger partial charge in [0.15, 0.2) is 5.79 Å². The van der Waals surface area contributed by atoms with Gasteiger partial charge in [0, 0.05) is 5.03 Å². The van der Waals surface area contributed by atoms with Crippen LogP contribution in [0.15, 0.2) is 11.1 Å². The van der Waals surface area contributed by atoms with Crippen LogP contribution in [-0.2, 0) is 9.47 Å². The predicted molar refractivity (Wildman–Crippen MR) is 49.8 cm³/mol. The maximum Gasteiger partial charge on any atom is 0.164 e. The first-order valence-electron chi connectivity index (χ1n) is 4.50. The van der Waals surface area contributed by atoms with E-state index < -0.39 is 30.2 Å². The Kier molecular flexibility index (Phi) is 2.36. The largest absolute Gasteiger partial charge is 0.387 e. The topological polar surface area (TPSA) is 58.9 Å². The minimum absolute atomic E-state index is 0.387. The Labute approximate surface area is 87.1 Å². The van der Waals surface area contributed by atoms with Gasteiger partial charge in [-0.2, -0.15) is 0 Å². The standard InChI is InChI=1S/C9H13ClO4/c1-9(2)13-7-4(10)3-5(11)6(12)8(7)14-9/h3,5-8,11-12H,1-2H3/t5-,6+,7+,8-/m0/s1. The molecule has 2 aliphatic rings. The van der Waals surface area contributed by atoms with Gasteiger partial charge < -0.3 is 19.7 Å². The number of hydrogen-bond donors (Lipinski definition) is 2. The summed E-state index contributed by atoms with van der Waals surface area (Å²) in [5, 5.41) is 19.4. The number of halogens is 1. The summed E-state index contributed by atoms with van der Waals surface area (Å²) in [5.41, 5.74) is 0. The Bertz CT molecular complexity index is 276. The van der Waals surface area contributed by atoms with E-state index in [2.05, 4.69) is 0 Å². The van der Waals surface area contributed by atoms with Gasteiger partial charge in [0.05, 0.1) is 0 Å². The molecule has 1 heterocycles. The van der Waals surface area contributed by atoms with Crippen molar-refractivity contribution in [2.45, 2.75) is 44.1 Å². The Morgan fingerprint density at radius 2 is 2.00 bits per heavy atom. The van der Waals surface area contributed by atoms with Crippen LogP contribution in [0.1, 0.15) is 13.8 Å². The number of aliphatic hydroxyl groups excluding tert-OH is 2. The molecule has 5 heteroatoms. The lowest BCUT2D eigenvalue weighted by Crippen LogP contribution is -2.46. The van der Waals surface area contributed by atoms with E-state index >= 15 is 0 Å². The summed E-state index contributed by atoms with van der Waals surface area (Å²) in [6, 6.07) is 0. The van der Waals surface area contributed by atoms with Crippen molar-refractivity contribution in [2.75, 3.05) is 0 Å². The Morgan fingerprint density at radius 1 is 1.36 bits per heavy atom. The lowest BCUT2D eigenvalue weighted by Gasteiger charge is -2.29. The Balaban J connectivity index is 2.27. The molecule has 1 saturated heterocycles. The molecule has 0 aromatic heterocycles. The molecule has 4 atom stereocenters. The SMILES string of the molecule is CC1(C)O[C@H]2[C@H](O)[C@@H](O)C=C(Cl)[C@H]2O1. The van der Waals surface area contributed by atoms with E-state index in [0.717, 1.165) is 0 Å². The average molecular weight is 221 g/mol. The molecule has 1 fully saturated rings. The van der Waals surface area contributed by atoms with Crippen LogP contribution in [0, 0.1) is 0 Å². The van der Waals surface area contributed by atoms with Crippen molar-refractivity contribution in [3.63, 3.8) is 0 Å². The van der Waals surface area contributed by atoms with Crippen LogP contribution in [0.3, 0.4) is 0 Å². The van der Waals surface area contributed by atoms with Gasteiger partial charge in [-0.25, -0.2) is 0 Å². The second-order valence-electron chi connectivity index (χ2n) is 4.05. The van der Waals surface area contributed by atoms with Crippen LogP contribution in [0.2, 0.25) is 0 Å². The van der Waals surface area contributed by atoms with E-state index in [0.29, 0.717) is 5.03 Å². The quantitative estimate of drug-likeness (QED) is 0.619. The van der Waals surface area contributed by atoms with Crippen molar-refractivity contribution < 1.29 is 19.7 Å². The first-order valence-corrected chi connectivity index (χ1v) is 4.87. The zero-order valence-corrected chi connectivity index (χ0v) is 8.73. The number of aliphatic hydroxyl groups is 2. The van der Waals surface area contributed by atoms with Crippen molar-refractivity contribution in [2.24, 2.45) is 0 Å². The molecule has 1 aliphatic carbocycles. The van der Waals surface area contributed by atoms with Crippen molar-refractivity contribution >= 4 is 11.6 Å². The number of rotatable bonds is 0. The van der Waals surface area contributed by atoms with Gasteiger partial charge in [0.25, 0.3) is 0 Å². The third-order valence-electron chi connectivity index (χ3n) is 2.42. The van der Waals surface area contributed by atoms with Crippen LogP contribution in [0.25, 0.3) is 0 Å². The third-order valence-corrected chi connectivity index (χ3v) is 2.76. The molecule has 80 valence electrons. The monoisotopic (exact) mass is 220 g/mol. The van der Waals surface area contributed by atoms with Crippen molar-refractivity contribution in [1.82, 2.24) is 0 Å². The van der Waals surface area contributed by atoms with E-state index in [4.69, 9.17) is 21.1 Å². The van der Waals surface area contributed by atoms with E-state index in [9.17, 15) is 10.2 Å². The lowest BCUT2D eigenvalue weighted by atomic mass is 9.96. The van der Waals surface area contributed by atoms with E-state index in [1.54, 1.807) is 13.8 Å². The fraction of sp³-hybridized carbons (Fsp3) is 0.778. The Morgan fingerprint density at radius 3 is 2.64 bits per heavy atom. The summed E-state index contributed by atoms with van der Waals surface area (Å²) in [6.45, 7) is 3.49. The molecule has 0 amide bonds. The lowest BCUT2D eigenvalue weighted by molar-refractivity contribution is -0.158. The number of ether oxygens (including phenoxy) is 2. The van der Waals surface area contributed by atoms with Crippen LogP contribution < -0.4 is 0 Å². The summed E-state index contributed by atoms with van der Waals surface area (Å²) in [6.07, 6.45) is -1.63. The molecule has 2 rings (SSSR count). The van der Waals surface area contributed by atoms with Gasteiger partial charge >= 0.3 is 0 Å². The molecule has 14 heavy (non-hydrogen) atoms. The van der Waals surface area contributed by atoms with E-state index in [1.807, 2.05) is 0 Å². The van der Waals surface area contributed by atoms with Gasteiger partial charge in [-0.1, -0.05) is 11.6 Å². The van der Waals surface area contributed by atoms with Crippen molar-refractivity contribution in [1.29, 1.82) is 0 Å². The maximum atomic E-state index is 9.64. The molecule has 0 aromatic carbocycles. The molecular formula is C9H13ClO4. The molecule has 0 spiro atoms. The van der Waals surface area contributed by atoms with E-state index in [1.165, 1.54) is 6.08 Å². The minimum atomic E-state index is -0.985. The summed E-state index contributed by atoms with van der Waals surface area (Å²) in [5.74, 6) is -0.769. The zero-order valence-electron chi connectivity index (χ0n) is 7.98. The van der Waals surface area contributed by atoms with Crippen LogP contribution in [0.5, 0.6) is 0 Å². The minimum Gasteiger partial charge on any atom is -0.387 e. The molecule has 0 bridgehead atoms. The highest BCUT2D eigenvalue weighted by Crippen LogP contribution is 2.38. The molecule has 0 radical (unpaired) electrons. The molecule has 0 aromatic rings. The second kappa shape index (κ2) is 3.18. The summed E-state index contributed by atoms with van der Waals surface area (Å²) < 4.78 is 10.9. The average Bonchev–Trinajstić information content (AvgIpc) is 2.38. The Hall–Kier alpha value is -0.130. The van der Waals surface area contributed by atoms with Gasteiger partial charge in [-0.05, 0) is 19.9 Å². The normalized spacial score (nSPS) is 45.9. The maximum absolute atomic E-state index is 9.64. The molecule has 2 N–H and O–H groups in total. The first kappa shape index (κ1) is 10.4. The molecule has 0 saturated carbocycles. The number of fused-ring (bicyclic) bond motifs is 1. The summed E-state index contributed by atoms with van der Waals surface area (Å²) >= 11 is 5.89. The highest BCUT2D eigenvalue weighted by atomic mass is 35.5. The zero-order chi connectivity index (χ0) is 10.5. The summed E-state index contributed by atoms with van der Waals surface area (Å²) in [4.78, 5) is 0. The summed E-state index contributed by atoms with van der Waals surface area (Å²) in [7, 11) is 0. The molecule has 0 unspecified atom stereocenters. The van der Waals surface area contributed by atoms with Crippen LogP contribution in [-0.4, -0.2) is 40.4 Å². The predicted octanol–water partition coefficient (Wildman–Crippen LogP) is 0.365. The highest BCUT2D eigenvalue weighted by Gasteiger charge is 2.50. The van der Waals surface area contributed by atoms with Gasteiger partial charge in [0.1, 0.15) is 24.4 Å². The smallest absolute Gasteiger partial charge is 0.164 e.